The molecule has 0 saturated carbocycles. The van der Waals surface area contributed by atoms with Gasteiger partial charge in [-0.25, -0.2) is 24.0 Å². The molecule has 0 radical (unpaired) electrons. The zero-order valence-electron chi connectivity index (χ0n) is 26.5. The van der Waals surface area contributed by atoms with Crippen molar-refractivity contribution in [2.75, 3.05) is 13.2 Å². The summed E-state index contributed by atoms with van der Waals surface area (Å²) in [5.74, 6) is -3.05. The van der Waals surface area contributed by atoms with Gasteiger partial charge in [-0.2, -0.15) is 0 Å². The lowest BCUT2D eigenvalue weighted by atomic mass is 9.98. The highest BCUT2D eigenvalue weighted by Gasteiger charge is 2.37. The molecule has 4 aromatic rings. The lowest BCUT2D eigenvalue weighted by Gasteiger charge is -2.25. The van der Waals surface area contributed by atoms with Crippen molar-refractivity contribution in [1.29, 1.82) is 0 Å². The van der Waals surface area contributed by atoms with Gasteiger partial charge in [0.25, 0.3) is 0 Å². The first kappa shape index (κ1) is 32.8. The summed E-state index contributed by atoms with van der Waals surface area (Å²) in [6.07, 6.45) is -4.10. The Labute approximate surface area is 281 Å². The van der Waals surface area contributed by atoms with Crippen molar-refractivity contribution in [2.24, 2.45) is 0 Å². The Bertz CT molecular complexity index is 1850. The maximum atomic E-state index is 13.1. The second-order valence-electron chi connectivity index (χ2n) is 11.6. The zero-order chi connectivity index (χ0) is 34.7. The van der Waals surface area contributed by atoms with E-state index in [4.69, 9.17) is 14.2 Å². The van der Waals surface area contributed by atoms with Crippen LogP contribution < -0.4 is 5.32 Å². The first-order valence-electron chi connectivity index (χ1n) is 15.6. The van der Waals surface area contributed by atoms with Crippen molar-refractivity contribution in [3.8, 4) is 22.3 Å². The molecule has 49 heavy (non-hydrogen) atoms. The van der Waals surface area contributed by atoms with E-state index in [0.717, 1.165) is 51.4 Å². The highest BCUT2D eigenvalue weighted by Crippen LogP contribution is 2.45. The van der Waals surface area contributed by atoms with Crippen LogP contribution in [0.4, 0.5) is 14.4 Å². The van der Waals surface area contributed by atoms with Gasteiger partial charge in [0.05, 0.1) is 0 Å². The van der Waals surface area contributed by atoms with Gasteiger partial charge < -0.3 is 24.6 Å². The van der Waals surface area contributed by atoms with Crippen molar-refractivity contribution in [2.45, 2.75) is 37.8 Å². The minimum Gasteiger partial charge on any atom is -0.449 e. The van der Waals surface area contributed by atoms with Crippen LogP contribution in [0, 0.1) is 0 Å². The Morgan fingerprint density at radius 2 is 1.06 bits per heavy atom. The van der Waals surface area contributed by atoms with E-state index >= 15 is 0 Å². The summed E-state index contributed by atoms with van der Waals surface area (Å²) in [6, 6.07) is 27.8. The third-order valence-corrected chi connectivity index (χ3v) is 8.62. The van der Waals surface area contributed by atoms with Crippen molar-refractivity contribution in [3.05, 3.63) is 119 Å². The molecular weight excluding hydrogens is 632 g/mol. The number of carbonyl (C=O) groups is 5. The fraction of sp³-hybridized carbons (Fsp3) is 0.216. The minimum atomic E-state index is -1.90. The van der Waals surface area contributed by atoms with Crippen LogP contribution in [-0.2, 0) is 28.6 Å². The van der Waals surface area contributed by atoms with Crippen LogP contribution in [0.3, 0.4) is 0 Å². The molecule has 12 heteroatoms. The molecule has 2 N–H and O–H groups in total. The zero-order valence-corrected chi connectivity index (χ0v) is 26.5. The number of benzene rings is 4. The number of rotatable bonds is 8. The van der Waals surface area contributed by atoms with E-state index in [1.165, 1.54) is 6.92 Å². The molecule has 2 amide bonds. The van der Waals surface area contributed by atoms with Gasteiger partial charge >= 0.3 is 30.3 Å². The van der Waals surface area contributed by atoms with E-state index < -0.39 is 42.4 Å². The van der Waals surface area contributed by atoms with Crippen LogP contribution in [0.25, 0.3) is 22.3 Å². The number of nitrogens with one attached hydrogen (secondary N) is 1. The predicted octanol–water partition coefficient (Wildman–Crippen LogP) is 6.23. The SMILES string of the molecule is C[C@H](NC(=O)OCC1c2ccccc2-c2ccccc21)C(=O)OC(=O)[C@H](C)N(OC(=O)O)C(=O)OCC1c2ccccc2-c2ccccc21. The first-order valence-corrected chi connectivity index (χ1v) is 15.6. The molecule has 12 nitrogen and oxygen atoms in total. The number of hydroxylamine groups is 2. The number of hydrogen-bond acceptors (Lipinski definition) is 9. The highest BCUT2D eigenvalue weighted by molar-refractivity contribution is 5.93. The average molecular weight is 665 g/mol. The lowest BCUT2D eigenvalue weighted by Crippen LogP contribution is -2.48. The van der Waals surface area contributed by atoms with Crippen LogP contribution in [0.2, 0.25) is 0 Å². The third kappa shape index (κ3) is 6.66. The van der Waals surface area contributed by atoms with Crippen LogP contribution in [0.5, 0.6) is 0 Å². The Balaban J connectivity index is 1.03. The van der Waals surface area contributed by atoms with Crippen LogP contribution in [0.15, 0.2) is 97.1 Å². The number of carbonyl (C=O) groups excluding carboxylic acids is 4. The van der Waals surface area contributed by atoms with E-state index in [-0.39, 0.29) is 30.1 Å². The lowest BCUT2D eigenvalue weighted by molar-refractivity contribution is -0.176. The smallest absolute Gasteiger partial charge is 0.449 e. The summed E-state index contributed by atoms with van der Waals surface area (Å²) in [6.45, 7) is 2.19. The number of carboxylic acid groups (broad SMARTS) is 1. The average Bonchev–Trinajstić information content (AvgIpc) is 3.60. The molecule has 0 unspecified atom stereocenters. The summed E-state index contributed by atoms with van der Waals surface area (Å²) in [7, 11) is 0. The molecule has 0 spiro atoms. The molecule has 0 fully saturated rings. The van der Waals surface area contributed by atoms with Crippen LogP contribution >= 0.6 is 0 Å². The van der Waals surface area contributed by atoms with Gasteiger partial charge in [0.1, 0.15) is 19.3 Å². The fourth-order valence-corrected chi connectivity index (χ4v) is 6.26. The molecule has 6 rings (SSSR count). The van der Waals surface area contributed by atoms with E-state index in [1.807, 2.05) is 97.1 Å². The largest absolute Gasteiger partial charge is 0.531 e. The van der Waals surface area contributed by atoms with Crippen molar-refractivity contribution in [3.63, 3.8) is 0 Å². The van der Waals surface area contributed by atoms with Gasteiger partial charge in [-0.05, 0) is 58.4 Å². The number of ether oxygens (including phenoxy) is 3. The molecule has 2 aliphatic carbocycles. The summed E-state index contributed by atoms with van der Waals surface area (Å²) >= 11 is 0. The number of esters is 2. The summed E-state index contributed by atoms with van der Waals surface area (Å²) in [5, 5.41) is 11.8. The quantitative estimate of drug-likeness (QED) is 0.0957. The normalized spacial score (nSPS) is 13.8. The molecule has 2 aliphatic rings. The molecule has 0 saturated heterocycles. The number of hydrogen-bond donors (Lipinski definition) is 2. The summed E-state index contributed by atoms with van der Waals surface area (Å²) in [4.78, 5) is 67.3. The van der Waals surface area contributed by atoms with Gasteiger partial charge in [-0.1, -0.05) is 97.1 Å². The Morgan fingerprint density at radius 1 is 0.653 bits per heavy atom. The number of alkyl carbamates (subject to hydrolysis) is 1. The van der Waals surface area contributed by atoms with Crippen molar-refractivity contribution < 1.29 is 48.1 Å². The molecule has 0 aromatic heterocycles. The fourth-order valence-electron chi connectivity index (χ4n) is 6.26. The van der Waals surface area contributed by atoms with Gasteiger partial charge in [-0.3, -0.25) is 4.84 Å². The molecular formula is C37H32N2O10. The second-order valence-corrected chi connectivity index (χ2v) is 11.6. The molecule has 250 valence electrons. The van der Waals surface area contributed by atoms with E-state index in [1.54, 1.807) is 0 Å². The van der Waals surface area contributed by atoms with Crippen LogP contribution in [-0.4, -0.2) is 65.7 Å². The standard InChI is InChI=1S/C37H32N2O10/c1-21(38-35(42)46-19-31-27-15-7-3-11-23(27)24-12-4-8-16-28(24)31)33(40)48-34(41)22(2)39(49-37(44)45)36(43)47-20-32-29-17-9-5-13-25(29)26-14-6-10-18-30(26)32/h3-18,21-22,31-32H,19-20H2,1-2H3,(H,38,42)(H,44,45)/t21-,22-/m0/s1. The number of fused-ring (bicyclic) bond motifs is 6. The van der Waals surface area contributed by atoms with E-state index in [2.05, 4.69) is 10.2 Å². The monoisotopic (exact) mass is 664 g/mol. The topological polar surface area (TPSA) is 158 Å². The summed E-state index contributed by atoms with van der Waals surface area (Å²) in [5.41, 5.74) is 7.91. The van der Waals surface area contributed by atoms with Gasteiger partial charge in [0.15, 0.2) is 6.04 Å². The number of nitrogens with zero attached hydrogens (tertiary/aromatic N) is 1. The van der Waals surface area contributed by atoms with Gasteiger partial charge in [0, 0.05) is 11.8 Å². The maximum Gasteiger partial charge on any atom is 0.531 e. The minimum absolute atomic E-state index is 0.000776. The Kier molecular flexibility index (Phi) is 9.29. The van der Waals surface area contributed by atoms with Gasteiger partial charge in [0.2, 0.25) is 0 Å². The molecule has 0 heterocycles. The summed E-state index contributed by atoms with van der Waals surface area (Å²) < 4.78 is 15.7. The number of amides is 2. The van der Waals surface area contributed by atoms with E-state index in [0.29, 0.717) is 0 Å². The first-order chi connectivity index (χ1) is 23.6. The van der Waals surface area contributed by atoms with E-state index in [9.17, 15) is 29.1 Å². The highest BCUT2D eigenvalue weighted by atomic mass is 16.8. The Hall–Kier alpha value is -6.17. The van der Waals surface area contributed by atoms with Crippen molar-refractivity contribution in [1.82, 2.24) is 10.4 Å². The second kappa shape index (κ2) is 13.9. The van der Waals surface area contributed by atoms with Crippen LogP contribution in [0.1, 0.15) is 47.9 Å². The Morgan fingerprint density at radius 3 is 1.49 bits per heavy atom. The van der Waals surface area contributed by atoms with Gasteiger partial charge in [-0.15, -0.1) is 5.06 Å². The van der Waals surface area contributed by atoms with Crippen molar-refractivity contribution >= 4 is 30.3 Å². The molecule has 0 aliphatic heterocycles. The third-order valence-electron chi connectivity index (χ3n) is 8.62. The molecule has 0 bridgehead atoms. The maximum absolute atomic E-state index is 13.1. The predicted molar refractivity (Wildman–Crippen MR) is 174 cm³/mol. The molecule has 2 atom stereocenters. The molecule has 4 aromatic carbocycles.